The molecule has 0 aliphatic carbocycles. The topological polar surface area (TPSA) is 0 Å². The van der Waals surface area contributed by atoms with E-state index in [4.69, 9.17) is 0 Å². The second-order valence-corrected chi connectivity index (χ2v) is 4.41. The summed E-state index contributed by atoms with van der Waals surface area (Å²) in [7, 11) is 0. The number of benzene rings is 2. The first-order chi connectivity index (χ1) is 8.08. The number of hydrogen-bond donors (Lipinski definition) is 0. The maximum Gasteiger partial charge on any atom is 0.159 e. The summed E-state index contributed by atoms with van der Waals surface area (Å²) in [4.78, 5) is 0. The van der Waals surface area contributed by atoms with Gasteiger partial charge in [-0.25, -0.2) is 8.78 Å². The van der Waals surface area contributed by atoms with E-state index in [2.05, 4.69) is 13.8 Å². The molecule has 0 fully saturated rings. The van der Waals surface area contributed by atoms with Crippen LogP contribution in [-0.4, -0.2) is 0 Å². The Bertz CT molecular complexity index is 513. The summed E-state index contributed by atoms with van der Waals surface area (Å²) in [6, 6.07) is 11.9. The second kappa shape index (κ2) is 4.66. The summed E-state index contributed by atoms with van der Waals surface area (Å²) in [5.74, 6) is -1.16. The van der Waals surface area contributed by atoms with E-state index in [1.165, 1.54) is 11.6 Å². The second-order valence-electron chi connectivity index (χ2n) is 4.41. The largest absolute Gasteiger partial charge is 0.204 e. The van der Waals surface area contributed by atoms with Crippen molar-refractivity contribution >= 4 is 0 Å². The molecule has 0 bridgehead atoms. The molecule has 2 heteroatoms. The molecule has 0 unspecified atom stereocenters. The van der Waals surface area contributed by atoms with Gasteiger partial charge in [-0.15, -0.1) is 0 Å². The van der Waals surface area contributed by atoms with Crippen molar-refractivity contribution in [2.75, 3.05) is 0 Å². The molecule has 0 nitrogen and oxygen atoms in total. The monoisotopic (exact) mass is 232 g/mol. The number of halogens is 2. The van der Waals surface area contributed by atoms with Crippen molar-refractivity contribution in [2.45, 2.75) is 19.8 Å². The summed E-state index contributed by atoms with van der Waals surface area (Å²) < 4.78 is 25.9. The lowest BCUT2D eigenvalue weighted by atomic mass is 9.99. The van der Waals surface area contributed by atoms with E-state index in [0.717, 1.165) is 11.6 Å². The van der Waals surface area contributed by atoms with Crippen molar-refractivity contribution < 1.29 is 8.78 Å². The molecule has 0 saturated heterocycles. The summed E-state index contributed by atoms with van der Waals surface area (Å²) in [6.45, 7) is 4.24. The molecule has 0 saturated carbocycles. The smallest absolute Gasteiger partial charge is 0.159 e. The molecule has 0 aliphatic rings. The molecule has 0 radical (unpaired) electrons. The Hall–Kier alpha value is -1.70. The Morgan fingerprint density at radius 2 is 1.35 bits per heavy atom. The third-order valence-corrected chi connectivity index (χ3v) is 2.83. The van der Waals surface area contributed by atoms with Gasteiger partial charge in [-0.2, -0.15) is 0 Å². The normalized spacial score (nSPS) is 10.9. The van der Waals surface area contributed by atoms with Crippen LogP contribution in [0.2, 0.25) is 0 Å². The van der Waals surface area contributed by atoms with E-state index >= 15 is 0 Å². The molecule has 0 amide bonds. The highest BCUT2D eigenvalue weighted by Gasteiger charge is 2.05. The van der Waals surface area contributed by atoms with Gasteiger partial charge in [-0.1, -0.05) is 44.2 Å². The maximum atomic E-state index is 13.1. The van der Waals surface area contributed by atoms with E-state index in [1.54, 1.807) is 6.07 Å². The first-order valence-electron chi connectivity index (χ1n) is 5.63. The van der Waals surface area contributed by atoms with E-state index in [-0.39, 0.29) is 0 Å². The highest BCUT2D eigenvalue weighted by atomic mass is 19.2. The predicted molar refractivity (Wildman–Crippen MR) is 65.9 cm³/mol. The molecule has 0 heterocycles. The number of hydrogen-bond acceptors (Lipinski definition) is 0. The van der Waals surface area contributed by atoms with Crippen molar-refractivity contribution in [1.29, 1.82) is 0 Å². The summed E-state index contributed by atoms with van der Waals surface area (Å²) in [6.07, 6.45) is 0. The number of rotatable bonds is 2. The Morgan fingerprint density at radius 3 is 1.88 bits per heavy atom. The van der Waals surface area contributed by atoms with E-state index in [9.17, 15) is 8.78 Å². The zero-order valence-electron chi connectivity index (χ0n) is 9.87. The minimum Gasteiger partial charge on any atom is -0.204 e. The fraction of sp³-hybridized carbons (Fsp3) is 0.200. The molecule has 2 rings (SSSR count). The maximum absolute atomic E-state index is 13.1. The van der Waals surface area contributed by atoms with Crippen LogP contribution >= 0.6 is 0 Å². The van der Waals surface area contributed by atoms with Crippen LogP contribution in [0.25, 0.3) is 11.1 Å². The molecule has 2 aromatic rings. The fourth-order valence-electron chi connectivity index (χ4n) is 1.74. The van der Waals surface area contributed by atoms with Crippen LogP contribution in [-0.2, 0) is 0 Å². The average molecular weight is 232 g/mol. The highest BCUT2D eigenvalue weighted by Crippen LogP contribution is 2.23. The van der Waals surface area contributed by atoms with Crippen LogP contribution in [0.15, 0.2) is 42.5 Å². The Morgan fingerprint density at radius 1 is 0.765 bits per heavy atom. The van der Waals surface area contributed by atoms with Crippen molar-refractivity contribution in [3.05, 3.63) is 59.7 Å². The van der Waals surface area contributed by atoms with E-state index < -0.39 is 11.6 Å². The van der Waals surface area contributed by atoms with Crippen LogP contribution in [0, 0.1) is 11.6 Å². The standard InChI is InChI=1S/C15H14F2/c1-10(2)11-3-5-12(6-4-11)13-7-8-14(16)15(17)9-13/h3-10H,1-2H3. The summed E-state index contributed by atoms with van der Waals surface area (Å²) in [5.41, 5.74) is 2.82. The summed E-state index contributed by atoms with van der Waals surface area (Å²) >= 11 is 0. The predicted octanol–water partition coefficient (Wildman–Crippen LogP) is 4.76. The van der Waals surface area contributed by atoms with Gasteiger partial charge in [-0.3, -0.25) is 0 Å². The molecule has 0 aliphatic heterocycles. The first-order valence-corrected chi connectivity index (χ1v) is 5.63. The SMILES string of the molecule is CC(C)c1ccc(-c2ccc(F)c(F)c2)cc1. The molecule has 0 aromatic heterocycles. The van der Waals surface area contributed by atoms with Crippen molar-refractivity contribution in [1.82, 2.24) is 0 Å². The molecular weight excluding hydrogens is 218 g/mol. The first kappa shape index (κ1) is 11.8. The molecule has 0 N–H and O–H groups in total. The van der Waals surface area contributed by atoms with Crippen molar-refractivity contribution in [3.8, 4) is 11.1 Å². The van der Waals surface area contributed by atoms with Crippen LogP contribution in [0.3, 0.4) is 0 Å². The average Bonchev–Trinajstić information content (AvgIpc) is 2.33. The zero-order chi connectivity index (χ0) is 12.4. The lowest BCUT2D eigenvalue weighted by molar-refractivity contribution is 0.509. The van der Waals surface area contributed by atoms with E-state index in [0.29, 0.717) is 11.5 Å². The van der Waals surface area contributed by atoms with Crippen LogP contribution < -0.4 is 0 Å². The van der Waals surface area contributed by atoms with Gasteiger partial charge in [0.25, 0.3) is 0 Å². The van der Waals surface area contributed by atoms with Gasteiger partial charge in [0.05, 0.1) is 0 Å². The Balaban J connectivity index is 2.36. The highest BCUT2D eigenvalue weighted by molar-refractivity contribution is 5.63. The third-order valence-electron chi connectivity index (χ3n) is 2.83. The lowest BCUT2D eigenvalue weighted by Gasteiger charge is -2.07. The third kappa shape index (κ3) is 2.52. The van der Waals surface area contributed by atoms with E-state index in [1.807, 2.05) is 24.3 Å². The van der Waals surface area contributed by atoms with Crippen molar-refractivity contribution in [2.24, 2.45) is 0 Å². The van der Waals surface area contributed by atoms with Gasteiger partial charge in [0.2, 0.25) is 0 Å². The van der Waals surface area contributed by atoms with Crippen LogP contribution in [0.1, 0.15) is 25.3 Å². The fourth-order valence-corrected chi connectivity index (χ4v) is 1.74. The van der Waals surface area contributed by atoms with Gasteiger partial charge in [-0.05, 0) is 34.7 Å². The zero-order valence-corrected chi connectivity index (χ0v) is 9.87. The Kier molecular flexibility index (Phi) is 3.23. The molecule has 88 valence electrons. The molecule has 2 aromatic carbocycles. The van der Waals surface area contributed by atoms with Gasteiger partial charge < -0.3 is 0 Å². The molecular formula is C15H14F2. The van der Waals surface area contributed by atoms with Gasteiger partial charge >= 0.3 is 0 Å². The van der Waals surface area contributed by atoms with Gasteiger partial charge in [0.15, 0.2) is 11.6 Å². The van der Waals surface area contributed by atoms with Gasteiger partial charge in [0.1, 0.15) is 0 Å². The molecule has 0 spiro atoms. The van der Waals surface area contributed by atoms with Crippen molar-refractivity contribution in [3.63, 3.8) is 0 Å². The summed E-state index contributed by atoms with van der Waals surface area (Å²) in [5, 5.41) is 0. The van der Waals surface area contributed by atoms with Gasteiger partial charge in [0, 0.05) is 0 Å². The minimum atomic E-state index is -0.812. The molecule has 0 atom stereocenters. The Labute approximate surface area is 99.9 Å². The lowest BCUT2D eigenvalue weighted by Crippen LogP contribution is -1.88. The van der Waals surface area contributed by atoms with Crippen LogP contribution in [0.5, 0.6) is 0 Å². The minimum absolute atomic E-state index is 0.467. The quantitative estimate of drug-likeness (QED) is 0.700. The van der Waals surface area contributed by atoms with Crippen LogP contribution in [0.4, 0.5) is 8.78 Å². The molecule has 17 heavy (non-hydrogen) atoms.